The van der Waals surface area contributed by atoms with E-state index < -0.39 is 5.60 Å². The lowest BCUT2D eigenvalue weighted by Gasteiger charge is -2.21. The molecule has 2 nitrogen and oxygen atoms in total. The topological polar surface area (TPSA) is 40.5 Å². The van der Waals surface area contributed by atoms with E-state index in [1.165, 1.54) is 0 Å². The first-order valence-electron chi connectivity index (χ1n) is 4.53. The van der Waals surface area contributed by atoms with Gasteiger partial charge in [-0.05, 0) is 24.5 Å². The molecule has 0 aliphatic carbocycles. The fourth-order valence-electron chi connectivity index (χ4n) is 1.17. The highest BCUT2D eigenvalue weighted by Crippen LogP contribution is 2.23. The molecular weight excluding hydrogens is 164 g/mol. The summed E-state index contributed by atoms with van der Waals surface area (Å²) >= 11 is 0. The number of hydrogen-bond acceptors (Lipinski definition) is 2. The second-order valence-electron chi connectivity index (χ2n) is 3.48. The first-order chi connectivity index (χ1) is 6.10. The molecule has 0 aliphatic heterocycles. The predicted molar refractivity (Wildman–Crippen MR) is 52.2 cm³/mol. The molecule has 1 unspecified atom stereocenters. The van der Waals surface area contributed by atoms with Gasteiger partial charge >= 0.3 is 0 Å². The van der Waals surface area contributed by atoms with E-state index in [1.54, 1.807) is 6.92 Å². The zero-order valence-corrected chi connectivity index (χ0v) is 8.12. The first kappa shape index (κ1) is 10.2. The molecule has 13 heavy (non-hydrogen) atoms. The Balaban J connectivity index is 2.92. The lowest BCUT2D eigenvalue weighted by molar-refractivity contribution is 0.0530. The number of hydrogen-bond donors (Lipinski definition) is 2. The Bertz CT molecular complexity index is 262. The molecule has 2 heteroatoms. The fraction of sp³-hybridized carbons (Fsp3) is 0.455. The Morgan fingerprint density at radius 3 is 2.15 bits per heavy atom. The van der Waals surface area contributed by atoms with E-state index in [1.807, 2.05) is 31.2 Å². The molecule has 0 spiro atoms. The summed E-state index contributed by atoms with van der Waals surface area (Å²) in [7, 11) is 0. The predicted octanol–water partition coefficient (Wildman–Crippen LogP) is 1.80. The molecule has 0 amide bonds. The molecule has 0 aromatic heterocycles. The molecule has 0 bridgehead atoms. The zero-order valence-electron chi connectivity index (χ0n) is 8.12. The smallest absolute Gasteiger partial charge is 0.0865 e. The van der Waals surface area contributed by atoms with Crippen LogP contribution < -0.4 is 0 Å². The van der Waals surface area contributed by atoms with E-state index in [0.717, 1.165) is 11.1 Å². The van der Waals surface area contributed by atoms with Gasteiger partial charge in [0.1, 0.15) is 0 Å². The summed E-state index contributed by atoms with van der Waals surface area (Å²) in [5, 5.41) is 18.7. The van der Waals surface area contributed by atoms with Gasteiger partial charge in [0, 0.05) is 0 Å². The Hall–Kier alpha value is -0.860. The maximum Gasteiger partial charge on any atom is 0.0865 e. The third kappa shape index (κ3) is 2.29. The summed E-state index contributed by atoms with van der Waals surface area (Å²) in [6.45, 7) is 3.79. The van der Waals surface area contributed by atoms with Crippen LogP contribution in [0.1, 0.15) is 31.4 Å². The number of rotatable bonds is 3. The van der Waals surface area contributed by atoms with Gasteiger partial charge in [0.25, 0.3) is 0 Å². The van der Waals surface area contributed by atoms with Crippen LogP contribution in [0.2, 0.25) is 0 Å². The molecule has 1 aromatic rings. The van der Waals surface area contributed by atoms with Crippen LogP contribution in [0.3, 0.4) is 0 Å². The van der Waals surface area contributed by atoms with Crippen molar-refractivity contribution in [3.8, 4) is 0 Å². The second-order valence-corrected chi connectivity index (χ2v) is 3.48. The van der Waals surface area contributed by atoms with E-state index in [4.69, 9.17) is 5.11 Å². The highest BCUT2D eigenvalue weighted by atomic mass is 16.3. The van der Waals surface area contributed by atoms with Crippen LogP contribution in [0.15, 0.2) is 24.3 Å². The zero-order chi connectivity index (χ0) is 9.90. The van der Waals surface area contributed by atoms with Gasteiger partial charge in [-0.1, -0.05) is 31.2 Å². The Morgan fingerprint density at radius 1 is 1.23 bits per heavy atom. The van der Waals surface area contributed by atoms with Crippen LogP contribution in [0.25, 0.3) is 0 Å². The minimum atomic E-state index is -0.756. The van der Waals surface area contributed by atoms with Crippen molar-refractivity contribution >= 4 is 0 Å². The van der Waals surface area contributed by atoms with E-state index >= 15 is 0 Å². The fourth-order valence-corrected chi connectivity index (χ4v) is 1.17. The van der Waals surface area contributed by atoms with Gasteiger partial charge < -0.3 is 10.2 Å². The average molecular weight is 180 g/mol. The van der Waals surface area contributed by atoms with E-state index in [2.05, 4.69) is 0 Å². The largest absolute Gasteiger partial charge is 0.392 e. The number of aliphatic hydroxyl groups is 2. The molecule has 0 radical (unpaired) electrons. The Kier molecular flexibility index (Phi) is 3.07. The first-order valence-corrected chi connectivity index (χ1v) is 4.53. The third-order valence-corrected chi connectivity index (χ3v) is 2.45. The summed E-state index contributed by atoms with van der Waals surface area (Å²) < 4.78 is 0. The van der Waals surface area contributed by atoms with E-state index in [9.17, 15) is 5.11 Å². The monoisotopic (exact) mass is 180 g/mol. The van der Waals surface area contributed by atoms with Gasteiger partial charge in [-0.25, -0.2) is 0 Å². The average Bonchev–Trinajstić information content (AvgIpc) is 2.18. The molecule has 0 heterocycles. The van der Waals surface area contributed by atoms with Crippen LogP contribution in [0, 0.1) is 0 Å². The van der Waals surface area contributed by atoms with Crippen molar-refractivity contribution in [3.63, 3.8) is 0 Å². The molecule has 0 saturated heterocycles. The van der Waals surface area contributed by atoms with E-state index in [-0.39, 0.29) is 6.61 Å². The second kappa shape index (κ2) is 3.90. The molecular formula is C11H16O2. The molecule has 0 fully saturated rings. The molecule has 72 valence electrons. The minimum Gasteiger partial charge on any atom is -0.392 e. The summed E-state index contributed by atoms with van der Waals surface area (Å²) in [5.41, 5.74) is 1.01. The lowest BCUT2D eigenvalue weighted by Crippen LogP contribution is -2.19. The molecule has 1 atom stereocenters. The summed E-state index contributed by atoms with van der Waals surface area (Å²) in [5.74, 6) is 0. The van der Waals surface area contributed by atoms with Crippen LogP contribution in [0.5, 0.6) is 0 Å². The van der Waals surface area contributed by atoms with Crippen molar-refractivity contribution in [3.05, 3.63) is 35.4 Å². The van der Waals surface area contributed by atoms with Crippen LogP contribution >= 0.6 is 0 Å². The summed E-state index contributed by atoms with van der Waals surface area (Å²) in [4.78, 5) is 0. The molecule has 1 rings (SSSR count). The molecule has 0 aliphatic rings. The number of aliphatic hydroxyl groups excluding tert-OH is 1. The minimum absolute atomic E-state index is 0.0501. The van der Waals surface area contributed by atoms with Gasteiger partial charge in [0.15, 0.2) is 0 Å². The van der Waals surface area contributed by atoms with Crippen molar-refractivity contribution in [2.45, 2.75) is 32.5 Å². The highest BCUT2D eigenvalue weighted by Gasteiger charge is 2.19. The van der Waals surface area contributed by atoms with E-state index in [0.29, 0.717) is 6.42 Å². The summed E-state index contributed by atoms with van der Waals surface area (Å²) in [6.07, 6.45) is 0.686. The molecule has 1 aromatic carbocycles. The Labute approximate surface area is 78.8 Å². The Morgan fingerprint density at radius 2 is 1.77 bits per heavy atom. The lowest BCUT2D eigenvalue weighted by atomic mass is 9.93. The molecule has 2 N–H and O–H groups in total. The quantitative estimate of drug-likeness (QED) is 0.744. The van der Waals surface area contributed by atoms with Gasteiger partial charge in [0.2, 0.25) is 0 Å². The van der Waals surface area contributed by atoms with Crippen LogP contribution in [0.4, 0.5) is 0 Å². The standard InChI is InChI=1S/C11H16O2/c1-3-11(2,13)10-6-4-9(8-12)5-7-10/h4-7,12-13H,3,8H2,1-2H3. The van der Waals surface area contributed by atoms with Gasteiger partial charge in [-0.15, -0.1) is 0 Å². The summed E-state index contributed by atoms with van der Waals surface area (Å²) in [6, 6.07) is 7.38. The van der Waals surface area contributed by atoms with Crippen molar-refractivity contribution in [1.82, 2.24) is 0 Å². The van der Waals surface area contributed by atoms with Crippen molar-refractivity contribution in [2.75, 3.05) is 0 Å². The van der Waals surface area contributed by atoms with Crippen molar-refractivity contribution in [2.24, 2.45) is 0 Å². The van der Waals surface area contributed by atoms with Gasteiger partial charge in [-0.2, -0.15) is 0 Å². The van der Waals surface area contributed by atoms with Crippen LogP contribution in [-0.2, 0) is 12.2 Å². The van der Waals surface area contributed by atoms with Crippen molar-refractivity contribution < 1.29 is 10.2 Å². The maximum absolute atomic E-state index is 9.90. The van der Waals surface area contributed by atoms with Crippen LogP contribution in [-0.4, -0.2) is 10.2 Å². The molecule has 0 saturated carbocycles. The maximum atomic E-state index is 9.90. The van der Waals surface area contributed by atoms with Gasteiger partial charge in [-0.3, -0.25) is 0 Å². The third-order valence-electron chi connectivity index (χ3n) is 2.45. The highest BCUT2D eigenvalue weighted by molar-refractivity contribution is 5.26. The van der Waals surface area contributed by atoms with Crippen molar-refractivity contribution in [1.29, 1.82) is 0 Å². The SMILES string of the molecule is CCC(C)(O)c1ccc(CO)cc1. The number of benzene rings is 1. The van der Waals surface area contributed by atoms with Gasteiger partial charge in [0.05, 0.1) is 12.2 Å². The normalized spacial score (nSPS) is 15.4.